The zero-order valence-electron chi connectivity index (χ0n) is 15.3. The highest BCUT2D eigenvalue weighted by Gasteiger charge is 2.43. The van der Waals surface area contributed by atoms with Crippen molar-refractivity contribution in [2.45, 2.75) is 31.0 Å². The number of phenols is 1. The molecule has 30 heavy (non-hydrogen) atoms. The van der Waals surface area contributed by atoms with Gasteiger partial charge in [-0.1, -0.05) is 12.1 Å². The standard InChI is InChI=1S/C20H15F3N4O3/c21-20(22,23)18-25-19-24-13-8-11(15-2-1-7-30-15)9-14(29)16(13)17(27(19)26-18)10-3-5-12(28)6-4-10/h1-7,11,17,28H,8-9H2,(H,24,25,26). The molecule has 0 saturated heterocycles. The van der Waals surface area contributed by atoms with E-state index in [1.54, 1.807) is 24.3 Å². The summed E-state index contributed by atoms with van der Waals surface area (Å²) in [6, 6.07) is 8.56. The Bertz CT molecular complexity index is 1150. The van der Waals surface area contributed by atoms with Crippen LogP contribution in [0.15, 0.2) is 58.3 Å². The van der Waals surface area contributed by atoms with Gasteiger partial charge in [-0.2, -0.15) is 18.2 Å². The Morgan fingerprint density at radius 2 is 1.93 bits per heavy atom. The van der Waals surface area contributed by atoms with Gasteiger partial charge in [-0.15, -0.1) is 5.10 Å². The molecule has 7 nitrogen and oxygen atoms in total. The molecule has 0 saturated carbocycles. The second-order valence-corrected chi connectivity index (χ2v) is 7.26. The molecule has 1 aliphatic carbocycles. The van der Waals surface area contributed by atoms with Crippen LogP contribution in [-0.4, -0.2) is 25.7 Å². The van der Waals surface area contributed by atoms with E-state index in [1.807, 2.05) is 0 Å². The number of ketones is 1. The fourth-order valence-corrected chi connectivity index (χ4v) is 4.02. The molecule has 0 fully saturated rings. The number of allylic oxidation sites excluding steroid dienone is 2. The summed E-state index contributed by atoms with van der Waals surface area (Å²) < 4.78 is 46.3. The number of furan rings is 1. The van der Waals surface area contributed by atoms with E-state index in [-0.39, 0.29) is 29.8 Å². The molecule has 2 atom stereocenters. The topological polar surface area (TPSA) is 93.2 Å². The summed E-state index contributed by atoms with van der Waals surface area (Å²) >= 11 is 0. The van der Waals surface area contributed by atoms with Crippen molar-refractivity contribution < 1.29 is 27.5 Å². The molecule has 0 bridgehead atoms. The van der Waals surface area contributed by atoms with Gasteiger partial charge in [0.2, 0.25) is 5.95 Å². The van der Waals surface area contributed by atoms with Gasteiger partial charge in [0.15, 0.2) is 5.78 Å². The van der Waals surface area contributed by atoms with E-state index >= 15 is 0 Å². The molecule has 2 N–H and O–H groups in total. The number of phenolic OH excluding ortho intramolecular Hbond substituents is 1. The van der Waals surface area contributed by atoms with Gasteiger partial charge in [-0.3, -0.25) is 4.79 Å². The van der Waals surface area contributed by atoms with Gasteiger partial charge in [0.1, 0.15) is 17.6 Å². The number of aromatic nitrogens is 3. The van der Waals surface area contributed by atoms with Crippen molar-refractivity contribution in [2.24, 2.45) is 0 Å². The lowest BCUT2D eigenvalue weighted by molar-refractivity contribution is -0.145. The zero-order valence-corrected chi connectivity index (χ0v) is 15.3. The normalized spacial score (nSPS) is 21.2. The average Bonchev–Trinajstić information content (AvgIpc) is 3.36. The number of anilines is 1. The van der Waals surface area contributed by atoms with E-state index in [0.29, 0.717) is 29.0 Å². The summed E-state index contributed by atoms with van der Waals surface area (Å²) in [5.41, 5.74) is 1.36. The largest absolute Gasteiger partial charge is 0.508 e. The second-order valence-electron chi connectivity index (χ2n) is 7.26. The van der Waals surface area contributed by atoms with Gasteiger partial charge < -0.3 is 14.8 Å². The smallest absolute Gasteiger partial charge is 0.453 e. The number of Topliss-reactive ketones (excluding diaryl/α,β-unsaturated/α-hetero) is 1. The number of hydrogen-bond acceptors (Lipinski definition) is 6. The first kappa shape index (κ1) is 18.5. The maximum atomic E-state index is 13.3. The molecule has 3 aromatic rings. The van der Waals surface area contributed by atoms with Gasteiger partial charge in [0.25, 0.3) is 5.82 Å². The number of aromatic hydroxyl groups is 1. The van der Waals surface area contributed by atoms with Gasteiger partial charge in [0.05, 0.1) is 6.26 Å². The minimum atomic E-state index is -4.73. The Balaban J connectivity index is 1.64. The summed E-state index contributed by atoms with van der Waals surface area (Å²) in [6.07, 6.45) is -2.66. The number of nitrogens with one attached hydrogen (secondary N) is 1. The van der Waals surface area contributed by atoms with Crippen LogP contribution in [0.25, 0.3) is 0 Å². The number of hydrogen-bond donors (Lipinski definition) is 2. The minimum Gasteiger partial charge on any atom is -0.508 e. The Morgan fingerprint density at radius 1 is 1.17 bits per heavy atom. The quantitative estimate of drug-likeness (QED) is 0.656. The molecule has 0 amide bonds. The van der Waals surface area contributed by atoms with Gasteiger partial charge in [-0.05, 0) is 36.2 Å². The molecule has 3 heterocycles. The summed E-state index contributed by atoms with van der Waals surface area (Å²) in [5.74, 6) is -1.17. The van der Waals surface area contributed by atoms with E-state index in [2.05, 4.69) is 15.4 Å². The molecule has 0 radical (unpaired) electrons. The van der Waals surface area contributed by atoms with E-state index < -0.39 is 18.0 Å². The lowest BCUT2D eigenvalue weighted by Gasteiger charge is -2.34. The molecule has 5 rings (SSSR count). The Morgan fingerprint density at radius 3 is 2.60 bits per heavy atom. The van der Waals surface area contributed by atoms with E-state index in [9.17, 15) is 23.1 Å². The second kappa shape index (κ2) is 6.48. The van der Waals surface area contributed by atoms with Crippen LogP contribution in [0.4, 0.5) is 19.1 Å². The SMILES string of the molecule is O=C1CC(c2ccco2)CC2=C1C(c1ccc(O)cc1)n1nc(C(F)(F)F)nc1N2. The van der Waals surface area contributed by atoms with Crippen LogP contribution in [0, 0.1) is 0 Å². The van der Waals surface area contributed by atoms with Crippen molar-refractivity contribution in [2.75, 3.05) is 5.32 Å². The number of halogens is 3. The van der Waals surface area contributed by atoms with Gasteiger partial charge in [-0.25, -0.2) is 4.68 Å². The first-order valence-corrected chi connectivity index (χ1v) is 9.20. The summed E-state index contributed by atoms with van der Waals surface area (Å²) in [4.78, 5) is 16.7. The Kier molecular flexibility index (Phi) is 3.99. The predicted octanol–water partition coefficient (Wildman–Crippen LogP) is 4.01. The highest BCUT2D eigenvalue weighted by Crippen LogP contribution is 2.45. The molecular formula is C20H15F3N4O3. The lowest BCUT2D eigenvalue weighted by Crippen LogP contribution is -2.33. The Labute approximate surface area is 167 Å². The molecule has 0 spiro atoms. The van der Waals surface area contributed by atoms with Crippen LogP contribution in [-0.2, 0) is 11.0 Å². The number of carbonyl (C=O) groups excluding carboxylic acids is 1. The first-order chi connectivity index (χ1) is 14.3. The molecule has 10 heteroatoms. The molecule has 1 aliphatic heterocycles. The van der Waals surface area contributed by atoms with Gasteiger partial charge >= 0.3 is 6.18 Å². The molecule has 2 unspecified atom stereocenters. The van der Waals surface area contributed by atoms with Crippen molar-refractivity contribution in [3.05, 3.63) is 71.1 Å². The summed E-state index contributed by atoms with van der Waals surface area (Å²) in [5, 5.41) is 16.1. The monoisotopic (exact) mass is 416 g/mol. The average molecular weight is 416 g/mol. The third kappa shape index (κ3) is 2.95. The molecule has 2 aliphatic rings. The zero-order chi connectivity index (χ0) is 21.0. The van der Waals surface area contributed by atoms with E-state index in [4.69, 9.17) is 4.42 Å². The van der Waals surface area contributed by atoms with Crippen LogP contribution < -0.4 is 5.32 Å². The number of nitrogens with zero attached hydrogens (tertiary/aromatic N) is 3. The van der Waals surface area contributed by atoms with Crippen LogP contribution in [0.3, 0.4) is 0 Å². The Hall–Kier alpha value is -3.56. The summed E-state index contributed by atoms with van der Waals surface area (Å²) in [7, 11) is 0. The highest BCUT2D eigenvalue weighted by molar-refractivity contribution is 6.00. The van der Waals surface area contributed by atoms with Crippen LogP contribution in [0.2, 0.25) is 0 Å². The predicted molar refractivity (Wildman–Crippen MR) is 97.6 cm³/mol. The van der Waals surface area contributed by atoms with Crippen molar-refractivity contribution in [1.82, 2.24) is 14.8 Å². The van der Waals surface area contributed by atoms with Crippen molar-refractivity contribution in [3.63, 3.8) is 0 Å². The fraction of sp³-hybridized carbons (Fsp3) is 0.250. The number of rotatable bonds is 2. The molecule has 1 aromatic carbocycles. The maximum absolute atomic E-state index is 13.3. The highest BCUT2D eigenvalue weighted by atomic mass is 19.4. The molecule has 154 valence electrons. The maximum Gasteiger partial charge on any atom is 0.453 e. The third-order valence-electron chi connectivity index (χ3n) is 5.33. The van der Waals surface area contributed by atoms with E-state index in [1.165, 1.54) is 18.4 Å². The van der Waals surface area contributed by atoms with Crippen LogP contribution in [0.1, 0.15) is 41.9 Å². The van der Waals surface area contributed by atoms with Crippen LogP contribution >= 0.6 is 0 Å². The van der Waals surface area contributed by atoms with Crippen LogP contribution in [0.5, 0.6) is 5.75 Å². The van der Waals surface area contributed by atoms with Crippen molar-refractivity contribution in [3.8, 4) is 5.75 Å². The number of benzene rings is 1. The lowest BCUT2D eigenvalue weighted by atomic mass is 9.79. The van der Waals surface area contributed by atoms with Crippen molar-refractivity contribution >= 4 is 11.7 Å². The number of fused-ring (bicyclic) bond motifs is 1. The number of carbonyl (C=O) groups is 1. The molecular weight excluding hydrogens is 401 g/mol. The van der Waals surface area contributed by atoms with E-state index in [0.717, 1.165) is 4.68 Å². The first-order valence-electron chi connectivity index (χ1n) is 9.20. The third-order valence-corrected chi connectivity index (χ3v) is 5.33. The van der Waals surface area contributed by atoms with Crippen molar-refractivity contribution in [1.29, 1.82) is 0 Å². The summed E-state index contributed by atoms with van der Waals surface area (Å²) in [6.45, 7) is 0. The van der Waals surface area contributed by atoms with Gasteiger partial charge in [0, 0.05) is 23.6 Å². The fourth-order valence-electron chi connectivity index (χ4n) is 4.02. The minimum absolute atomic E-state index is 0.00420. The number of alkyl halides is 3. The molecule has 2 aromatic heterocycles.